The maximum atomic E-state index is 6.00. The Labute approximate surface area is 80.8 Å². The van der Waals surface area contributed by atoms with Gasteiger partial charge in [0.2, 0.25) is 0 Å². The minimum absolute atomic E-state index is 0.472. The molecule has 0 spiro atoms. The zero-order valence-electron chi connectivity index (χ0n) is 8.45. The summed E-state index contributed by atoms with van der Waals surface area (Å²) in [5, 5.41) is 0. The van der Waals surface area contributed by atoms with Crippen LogP contribution in [0.1, 0.15) is 32.6 Å². The van der Waals surface area contributed by atoms with Crippen LogP contribution in [-0.2, 0) is 0 Å². The van der Waals surface area contributed by atoms with Crippen LogP contribution in [-0.4, -0.2) is 29.6 Å². The smallest absolute Gasteiger partial charge is 0.0169 e. The van der Waals surface area contributed by atoms with Crippen LogP contribution < -0.4 is 5.73 Å². The summed E-state index contributed by atoms with van der Waals surface area (Å²) in [6.45, 7) is 3.23. The third-order valence-corrected chi connectivity index (χ3v) is 3.47. The van der Waals surface area contributed by atoms with Gasteiger partial charge in [-0.1, -0.05) is 12.2 Å². The molecule has 1 unspecified atom stereocenters. The number of fused-ring (bicyclic) bond motifs is 2. The van der Waals surface area contributed by atoms with Crippen LogP contribution in [0.25, 0.3) is 0 Å². The Kier molecular flexibility index (Phi) is 2.70. The van der Waals surface area contributed by atoms with Gasteiger partial charge in [-0.05, 0) is 32.6 Å². The standard InChI is InChI=1S/C11H20N2/c1-2-3-6-13-10-4-5-11(13)8-9(12)7-10/h2-3,9-11H,4-8,12H2,1H3/b3-2+/t9?,10-,11+. The number of nitrogens with two attached hydrogens (primary N) is 1. The van der Waals surface area contributed by atoms with E-state index < -0.39 is 0 Å². The quantitative estimate of drug-likeness (QED) is 0.653. The minimum atomic E-state index is 0.472. The molecule has 0 amide bonds. The first kappa shape index (κ1) is 9.22. The predicted octanol–water partition coefficient (Wildman–Crippen LogP) is 1.52. The van der Waals surface area contributed by atoms with E-state index in [9.17, 15) is 0 Å². The fourth-order valence-corrected chi connectivity index (χ4v) is 2.84. The molecule has 2 rings (SSSR count). The molecular formula is C11H20N2. The lowest BCUT2D eigenvalue weighted by molar-refractivity contribution is 0.143. The van der Waals surface area contributed by atoms with E-state index in [1.54, 1.807) is 0 Å². The number of hydrogen-bond donors (Lipinski definition) is 1. The topological polar surface area (TPSA) is 29.3 Å². The molecule has 0 radical (unpaired) electrons. The van der Waals surface area contributed by atoms with E-state index in [2.05, 4.69) is 24.0 Å². The van der Waals surface area contributed by atoms with Crippen molar-refractivity contribution in [2.24, 2.45) is 5.73 Å². The Morgan fingerprint density at radius 3 is 2.46 bits per heavy atom. The molecule has 2 N–H and O–H groups in total. The van der Waals surface area contributed by atoms with Crippen molar-refractivity contribution in [2.45, 2.75) is 50.7 Å². The van der Waals surface area contributed by atoms with Crippen molar-refractivity contribution in [1.82, 2.24) is 4.90 Å². The average Bonchev–Trinajstić information content (AvgIpc) is 2.33. The number of piperidine rings is 1. The van der Waals surface area contributed by atoms with Gasteiger partial charge in [0.05, 0.1) is 0 Å². The number of allylic oxidation sites excluding steroid dienone is 1. The molecule has 2 heteroatoms. The maximum absolute atomic E-state index is 6.00. The second-order valence-corrected chi connectivity index (χ2v) is 4.38. The van der Waals surface area contributed by atoms with Gasteiger partial charge < -0.3 is 5.73 Å². The molecule has 2 fully saturated rings. The molecule has 2 heterocycles. The zero-order chi connectivity index (χ0) is 9.26. The number of nitrogens with zero attached hydrogens (tertiary/aromatic N) is 1. The second kappa shape index (κ2) is 3.81. The van der Waals surface area contributed by atoms with Crippen LogP contribution in [0.5, 0.6) is 0 Å². The summed E-state index contributed by atoms with van der Waals surface area (Å²) in [6, 6.07) is 2.04. The molecule has 0 aromatic carbocycles. The molecule has 2 aliphatic rings. The molecule has 2 nitrogen and oxygen atoms in total. The summed E-state index contributed by atoms with van der Waals surface area (Å²) < 4.78 is 0. The summed E-state index contributed by atoms with van der Waals surface area (Å²) >= 11 is 0. The van der Waals surface area contributed by atoms with Gasteiger partial charge in [-0.15, -0.1) is 0 Å². The van der Waals surface area contributed by atoms with E-state index in [1.165, 1.54) is 25.7 Å². The summed E-state index contributed by atoms with van der Waals surface area (Å²) in [5.41, 5.74) is 6.00. The predicted molar refractivity (Wildman–Crippen MR) is 55.5 cm³/mol. The molecule has 2 saturated heterocycles. The summed E-state index contributed by atoms with van der Waals surface area (Å²) in [6.07, 6.45) is 9.59. The van der Waals surface area contributed by atoms with Crippen LogP contribution in [0.4, 0.5) is 0 Å². The SMILES string of the molecule is C/C=C/CN1[C@@H]2CC[C@H]1CC(N)C2. The Bertz CT molecular complexity index is 186. The van der Waals surface area contributed by atoms with Crippen molar-refractivity contribution in [1.29, 1.82) is 0 Å². The van der Waals surface area contributed by atoms with Crippen molar-refractivity contribution in [3.8, 4) is 0 Å². The third kappa shape index (κ3) is 1.79. The van der Waals surface area contributed by atoms with Crippen LogP contribution >= 0.6 is 0 Å². The van der Waals surface area contributed by atoms with Gasteiger partial charge in [0.25, 0.3) is 0 Å². The van der Waals surface area contributed by atoms with Crippen molar-refractivity contribution in [2.75, 3.05) is 6.54 Å². The van der Waals surface area contributed by atoms with Crippen molar-refractivity contribution < 1.29 is 0 Å². The highest BCUT2D eigenvalue weighted by molar-refractivity contribution is 4.99. The highest BCUT2D eigenvalue weighted by Gasteiger charge is 2.38. The van der Waals surface area contributed by atoms with E-state index in [4.69, 9.17) is 5.73 Å². The average molecular weight is 180 g/mol. The maximum Gasteiger partial charge on any atom is 0.0169 e. The first-order valence-corrected chi connectivity index (χ1v) is 5.43. The molecule has 2 aliphatic heterocycles. The highest BCUT2D eigenvalue weighted by Crippen LogP contribution is 2.34. The van der Waals surface area contributed by atoms with E-state index >= 15 is 0 Å². The van der Waals surface area contributed by atoms with Gasteiger partial charge in [0.15, 0.2) is 0 Å². The van der Waals surface area contributed by atoms with E-state index in [0.29, 0.717) is 6.04 Å². The molecule has 0 aromatic heterocycles. The van der Waals surface area contributed by atoms with Crippen LogP contribution in [0.15, 0.2) is 12.2 Å². The van der Waals surface area contributed by atoms with Crippen molar-refractivity contribution >= 4 is 0 Å². The first-order chi connectivity index (χ1) is 6.31. The Balaban J connectivity index is 1.98. The van der Waals surface area contributed by atoms with E-state index in [1.807, 2.05) is 0 Å². The minimum Gasteiger partial charge on any atom is -0.328 e. The zero-order valence-corrected chi connectivity index (χ0v) is 8.45. The normalized spacial score (nSPS) is 40.3. The molecule has 0 aliphatic carbocycles. The molecule has 2 bridgehead atoms. The van der Waals surface area contributed by atoms with Gasteiger partial charge in [-0.3, -0.25) is 4.90 Å². The van der Waals surface area contributed by atoms with Gasteiger partial charge in [0, 0.05) is 24.7 Å². The summed E-state index contributed by atoms with van der Waals surface area (Å²) in [5.74, 6) is 0. The fourth-order valence-electron chi connectivity index (χ4n) is 2.84. The van der Waals surface area contributed by atoms with E-state index in [-0.39, 0.29) is 0 Å². The van der Waals surface area contributed by atoms with Gasteiger partial charge in [0.1, 0.15) is 0 Å². The van der Waals surface area contributed by atoms with Crippen molar-refractivity contribution in [3.63, 3.8) is 0 Å². The van der Waals surface area contributed by atoms with Gasteiger partial charge in [-0.2, -0.15) is 0 Å². The van der Waals surface area contributed by atoms with E-state index in [0.717, 1.165) is 18.6 Å². The molecule has 74 valence electrons. The highest BCUT2D eigenvalue weighted by atomic mass is 15.2. The lowest BCUT2D eigenvalue weighted by Crippen LogP contribution is -2.47. The third-order valence-electron chi connectivity index (χ3n) is 3.47. The lowest BCUT2D eigenvalue weighted by atomic mass is 9.98. The number of hydrogen-bond acceptors (Lipinski definition) is 2. The molecule has 0 aromatic rings. The lowest BCUT2D eigenvalue weighted by Gasteiger charge is -2.36. The van der Waals surface area contributed by atoms with Gasteiger partial charge in [-0.25, -0.2) is 0 Å². The Morgan fingerprint density at radius 1 is 1.31 bits per heavy atom. The molecule has 13 heavy (non-hydrogen) atoms. The van der Waals surface area contributed by atoms with Crippen LogP contribution in [0, 0.1) is 0 Å². The fraction of sp³-hybridized carbons (Fsp3) is 0.818. The van der Waals surface area contributed by atoms with Crippen molar-refractivity contribution in [3.05, 3.63) is 12.2 Å². The number of rotatable bonds is 2. The Hall–Kier alpha value is -0.340. The molecular weight excluding hydrogens is 160 g/mol. The molecule has 0 saturated carbocycles. The first-order valence-electron chi connectivity index (χ1n) is 5.43. The molecule has 3 atom stereocenters. The Morgan fingerprint density at radius 2 is 1.92 bits per heavy atom. The van der Waals surface area contributed by atoms with Crippen LogP contribution in [0.2, 0.25) is 0 Å². The van der Waals surface area contributed by atoms with Gasteiger partial charge >= 0.3 is 0 Å². The summed E-state index contributed by atoms with van der Waals surface area (Å²) in [4.78, 5) is 2.64. The second-order valence-electron chi connectivity index (χ2n) is 4.38. The van der Waals surface area contributed by atoms with Crippen LogP contribution in [0.3, 0.4) is 0 Å². The largest absolute Gasteiger partial charge is 0.328 e. The monoisotopic (exact) mass is 180 g/mol. The summed E-state index contributed by atoms with van der Waals surface area (Å²) in [7, 11) is 0.